The van der Waals surface area contributed by atoms with Gasteiger partial charge in [0.05, 0.1) is 23.6 Å². The Morgan fingerprint density at radius 2 is 1.77 bits per heavy atom. The van der Waals surface area contributed by atoms with Crippen LogP contribution in [0.15, 0.2) is 90.6 Å². The number of nitrogens with zero attached hydrogens (tertiary/aromatic N) is 2. The van der Waals surface area contributed by atoms with E-state index < -0.39 is 17.7 Å². The number of aromatic nitrogens is 1. The van der Waals surface area contributed by atoms with Crippen LogP contribution >= 0.6 is 0 Å². The zero-order chi connectivity index (χ0) is 24.5. The van der Waals surface area contributed by atoms with E-state index in [2.05, 4.69) is 4.98 Å². The van der Waals surface area contributed by atoms with Crippen LogP contribution in [0.2, 0.25) is 0 Å². The second-order valence-corrected chi connectivity index (χ2v) is 8.34. The maximum Gasteiger partial charge on any atom is 0.300 e. The third kappa shape index (κ3) is 3.83. The van der Waals surface area contributed by atoms with E-state index in [4.69, 9.17) is 4.74 Å². The first-order chi connectivity index (χ1) is 17.0. The predicted octanol–water partition coefficient (Wildman–Crippen LogP) is 5.57. The summed E-state index contributed by atoms with van der Waals surface area (Å²) in [5.74, 6) is -1.01. The van der Waals surface area contributed by atoms with Crippen LogP contribution in [0, 0.1) is 6.92 Å². The van der Waals surface area contributed by atoms with Crippen molar-refractivity contribution in [1.82, 2.24) is 4.98 Å². The number of rotatable bonds is 5. The summed E-state index contributed by atoms with van der Waals surface area (Å²) >= 11 is 0. The van der Waals surface area contributed by atoms with Crippen molar-refractivity contribution in [3.8, 4) is 5.75 Å². The van der Waals surface area contributed by atoms with Crippen molar-refractivity contribution in [2.75, 3.05) is 11.5 Å². The zero-order valence-electron chi connectivity index (χ0n) is 19.4. The number of aliphatic hydroxyl groups is 1. The summed E-state index contributed by atoms with van der Waals surface area (Å²) in [4.78, 5) is 32.8. The van der Waals surface area contributed by atoms with Gasteiger partial charge in [0.2, 0.25) is 0 Å². The molecule has 1 aromatic heterocycles. The lowest BCUT2D eigenvalue weighted by Gasteiger charge is -2.26. The van der Waals surface area contributed by atoms with Gasteiger partial charge in [-0.3, -0.25) is 19.5 Å². The molecule has 0 aliphatic carbocycles. The summed E-state index contributed by atoms with van der Waals surface area (Å²) in [5.41, 5.74) is 2.33. The van der Waals surface area contributed by atoms with E-state index in [1.54, 1.807) is 42.6 Å². The van der Waals surface area contributed by atoms with Crippen LogP contribution in [0.5, 0.6) is 5.75 Å². The lowest BCUT2D eigenvalue weighted by molar-refractivity contribution is -0.132. The molecular weight excluding hydrogens is 440 g/mol. The summed E-state index contributed by atoms with van der Waals surface area (Å²) in [6.07, 6.45) is 1.61. The molecule has 0 spiro atoms. The highest BCUT2D eigenvalue weighted by atomic mass is 16.5. The van der Waals surface area contributed by atoms with Gasteiger partial charge in [-0.2, -0.15) is 0 Å². The molecule has 1 unspecified atom stereocenters. The molecule has 1 fully saturated rings. The van der Waals surface area contributed by atoms with E-state index in [0.29, 0.717) is 29.3 Å². The summed E-state index contributed by atoms with van der Waals surface area (Å²) in [5, 5.41) is 13.1. The van der Waals surface area contributed by atoms with Gasteiger partial charge in [-0.05, 0) is 61.2 Å². The summed E-state index contributed by atoms with van der Waals surface area (Å²) < 4.78 is 5.60. The topological polar surface area (TPSA) is 79.7 Å². The molecular formula is C29H24N2O4. The normalized spacial score (nSPS) is 17.2. The Morgan fingerprint density at radius 3 is 2.51 bits per heavy atom. The highest BCUT2D eigenvalue weighted by molar-refractivity contribution is 6.52. The third-order valence-electron chi connectivity index (χ3n) is 6.19. The van der Waals surface area contributed by atoms with Crippen LogP contribution in [-0.2, 0) is 9.59 Å². The van der Waals surface area contributed by atoms with Crippen molar-refractivity contribution in [1.29, 1.82) is 0 Å². The number of ketones is 1. The number of carbonyl (C=O) groups is 2. The van der Waals surface area contributed by atoms with E-state index in [0.717, 1.165) is 16.3 Å². The second-order valence-electron chi connectivity index (χ2n) is 8.34. The van der Waals surface area contributed by atoms with Gasteiger partial charge in [0.25, 0.3) is 11.7 Å². The van der Waals surface area contributed by atoms with Crippen molar-refractivity contribution in [3.05, 3.63) is 107 Å². The molecule has 1 amide bonds. The predicted molar refractivity (Wildman–Crippen MR) is 135 cm³/mol. The van der Waals surface area contributed by atoms with Crippen molar-refractivity contribution in [2.45, 2.75) is 19.9 Å². The smallest absolute Gasteiger partial charge is 0.300 e. The summed E-state index contributed by atoms with van der Waals surface area (Å²) in [7, 11) is 0. The molecule has 1 atom stereocenters. The lowest BCUT2D eigenvalue weighted by Crippen LogP contribution is -2.30. The molecule has 5 rings (SSSR count). The fraction of sp³-hybridized carbons (Fsp3) is 0.138. The van der Waals surface area contributed by atoms with Crippen molar-refractivity contribution in [3.63, 3.8) is 0 Å². The van der Waals surface area contributed by atoms with Gasteiger partial charge in [0, 0.05) is 17.1 Å². The van der Waals surface area contributed by atoms with Gasteiger partial charge in [-0.25, -0.2) is 0 Å². The molecule has 0 radical (unpaired) electrons. The molecule has 0 saturated carbocycles. The number of hydrogen-bond acceptors (Lipinski definition) is 5. The number of amides is 1. The first-order valence-electron chi connectivity index (χ1n) is 11.4. The summed E-state index contributed by atoms with van der Waals surface area (Å²) in [6.45, 7) is 4.28. The Bertz CT molecular complexity index is 1470. The fourth-order valence-corrected chi connectivity index (χ4v) is 4.59. The lowest BCUT2D eigenvalue weighted by atomic mass is 9.97. The number of ether oxygens (including phenoxy) is 1. The monoisotopic (exact) mass is 464 g/mol. The Labute approximate surface area is 203 Å². The number of Topliss-reactive ketones (excluding diaryl/α,β-unsaturated/α-hetero) is 1. The summed E-state index contributed by atoms with van der Waals surface area (Å²) in [6, 6.07) is 22.9. The van der Waals surface area contributed by atoms with Gasteiger partial charge < -0.3 is 9.84 Å². The average molecular weight is 465 g/mol. The highest BCUT2D eigenvalue weighted by Gasteiger charge is 2.48. The molecule has 6 heteroatoms. The average Bonchev–Trinajstić information content (AvgIpc) is 3.15. The van der Waals surface area contributed by atoms with Crippen LogP contribution in [0.4, 0.5) is 5.69 Å². The molecule has 4 aromatic rings. The standard InChI is InChI=1S/C29H24N2O4/c1-3-35-24-15-14-20(17-18(24)2)27(32)25-26(22-12-6-7-16-30-22)31(29(34)28(25)33)23-13-8-10-19-9-4-5-11-21(19)23/h4-17,26,32H,3H2,1-2H3/b27-25+. The first-order valence-corrected chi connectivity index (χ1v) is 11.4. The first kappa shape index (κ1) is 22.3. The number of fused-ring (bicyclic) bond motifs is 1. The second kappa shape index (κ2) is 9.06. The van der Waals surface area contributed by atoms with Crippen LogP contribution in [-0.4, -0.2) is 28.4 Å². The molecule has 3 aromatic carbocycles. The number of benzene rings is 3. The Balaban J connectivity index is 1.73. The molecule has 2 heterocycles. The number of hydrogen-bond donors (Lipinski definition) is 1. The zero-order valence-corrected chi connectivity index (χ0v) is 19.4. The van der Waals surface area contributed by atoms with Gasteiger partial charge in [0.15, 0.2) is 0 Å². The molecule has 6 nitrogen and oxygen atoms in total. The van der Waals surface area contributed by atoms with E-state index in [9.17, 15) is 14.7 Å². The van der Waals surface area contributed by atoms with Gasteiger partial charge in [-0.15, -0.1) is 0 Å². The SMILES string of the molecule is CCOc1ccc(/C(O)=C2\C(=O)C(=O)N(c3cccc4ccccc34)C2c2ccccn2)cc1C. The van der Waals surface area contributed by atoms with Crippen molar-refractivity contribution >= 4 is 33.9 Å². The number of aliphatic hydroxyl groups excluding tert-OH is 1. The van der Waals surface area contributed by atoms with Crippen molar-refractivity contribution < 1.29 is 19.4 Å². The molecule has 1 N–H and O–H groups in total. The molecule has 1 saturated heterocycles. The maximum absolute atomic E-state index is 13.5. The molecule has 1 aliphatic rings. The number of carbonyl (C=O) groups excluding carboxylic acids is 2. The molecule has 1 aliphatic heterocycles. The minimum Gasteiger partial charge on any atom is -0.507 e. The van der Waals surface area contributed by atoms with Crippen LogP contribution < -0.4 is 9.64 Å². The minimum atomic E-state index is -0.881. The highest BCUT2D eigenvalue weighted by Crippen LogP contribution is 2.43. The van der Waals surface area contributed by atoms with Crippen LogP contribution in [0.1, 0.15) is 29.8 Å². The van der Waals surface area contributed by atoms with Gasteiger partial charge in [0.1, 0.15) is 17.6 Å². The maximum atomic E-state index is 13.5. The molecule has 0 bridgehead atoms. The Morgan fingerprint density at radius 1 is 1.00 bits per heavy atom. The van der Waals surface area contributed by atoms with Gasteiger partial charge >= 0.3 is 0 Å². The molecule has 35 heavy (non-hydrogen) atoms. The number of anilines is 1. The quantitative estimate of drug-likeness (QED) is 0.237. The minimum absolute atomic E-state index is 0.00481. The van der Waals surface area contributed by atoms with E-state index in [1.165, 1.54) is 4.90 Å². The molecule has 174 valence electrons. The van der Waals surface area contributed by atoms with E-state index in [1.807, 2.05) is 56.3 Å². The van der Waals surface area contributed by atoms with Crippen LogP contribution in [0.3, 0.4) is 0 Å². The largest absolute Gasteiger partial charge is 0.507 e. The fourth-order valence-electron chi connectivity index (χ4n) is 4.59. The number of aryl methyl sites for hydroxylation is 1. The Hall–Kier alpha value is -4.45. The van der Waals surface area contributed by atoms with E-state index in [-0.39, 0.29) is 11.3 Å². The Kier molecular flexibility index (Phi) is 5.79. The van der Waals surface area contributed by atoms with Crippen molar-refractivity contribution in [2.24, 2.45) is 0 Å². The van der Waals surface area contributed by atoms with E-state index >= 15 is 0 Å². The van der Waals surface area contributed by atoms with Crippen LogP contribution in [0.25, 0.3) is 16.5 Å². The number of pyridine rings is 1. The third-order valence-corrected chi connectivity index (χ3v) is 6.19. The van der Waals surface area contributed by atoms with Gasteiger partial charge in [-0.1, -0.05) is 42.5 Å².